The van der Waals surface area contributed by atoms with Crippen LogP contribution in [0.3, 0.4) is 0 Å². The van der Waals surface area contributed by atoms with E-state index in [2.05, 4.69) is 5.32 Å². The van der Waals surface area contributed by atoms with Crippen molar-refractivity contribution in [2.45, 2.75) is 37.6 Å². The van der Waals surface area contributed by atoms with E-state index in [0.29, 0.717) is 6.07 Å². The van der Waals surface area contributed by atoms with E-state index >= 15 is 0 Å². The summed E-state index contributed by atoms with van der Waals surface area (Å²) in [5.74, 6) is -5.47. The third-order valence-corrected chi connectivity index (χ3v) is 5.36. The molecular formula is C18H15F3N2O5. The number of halogens is 3. The first-order valence-electron chi connectivity index (χ1n) is 8.22. The van der Waals surface area contributed by atoms with E-state index in [9.17, 15) is 32.7 Å². The lowest BCUT2D eigenvalue weighted by molar-refractivity contribution is -0.150. The molecule has 1 amide bonds. The lowest BCUT2D eigenvalue weighted by Gasteiger charge is -2.32. The number of hydrogen-bond donors (Lipinski definition) is 2. The first-order chi connectivity index (χ1) is 12.8. The summed E-state index contributed by atoms with van der Waals surface area (Å²) >= 11 is 0. The van der Waals surface area contributed by atoms with Crippen LogP contribution >= 0.6 is 0 Å². The number of carboxylic acid groups (broad SMARTS) is 1. The lowest BCUT2D eigenvalue weighted by Crippen LogP contribution is -2.52. The highest BCUT2D eigenvalue weighted by molar-refractivity contribution is 6.05. The van der Waals surface area contributed by atoms with Gasteiger partial charge in [0, 0.05) is 12.1 Å². The summed E-state index contributed by atoms with van der Waals surface area (Å²) in [6.07, 6.45) is -4.99. The number of rotatable bonds is 3. The molecule has 2 aliphatic heterocycles. The summed E-state index contributed by atoms with van der Waals surface area (Å²) in [5.41, 5.74) is -5.18. The van der Waals surface area contributed by atoms with Gasteiger partial charge in [0.2, 0.25) is 5.91 Å². The summed E-state index contributed by atoms with van der Waals surface area (Å²) in [6.45, 7) is 2.74. The van der Waals surface area contributed by atoms with Crippen LogP contribution in [0.4, 0.5) is 18.9 Å². The highest BCUT2D eigenvalue weighted by atomic mass is 19.4. The Morgan fingerprint density at radius 3 is 2.50 bits per heavy atom. The highest BCUT2D eigenvalue weighted by Gasteiger charge is 2.72. The van der Waals surface area contributed by atoms with Crippen molar-refractivity contribution in [3.63, 3.8) is 0 Å². The SMILES string of the molecule is CC12CC(=O)C(C)(O1)C(C(=O)Nc1ccc(C#N)c(C(F)(F)F)c1)C2C(=O)O. The van der Waals surface area contributed by atoms with Gasteiger partial charge in [-0.3, -0.25) is 14.4 Å². The number of Topliss-reactive ketones (excluding diaryl/α,β-unsaturated/α-hetero) is 1. The molecule has 3 rings (SSSR count). The zero-order valence-corrected chi connectivity index (χ0v) is 14.8. The zero-order valence-electron chi connectivity index (χ0n) is 14.8. The maximum Gasteiger partial charge on any atom is 0.417 e. The number of benzene rings is 1. The number of carboxylic acids is 1. The molecule has 2 fully saturated rings. The molecule has 1 aromatic rings. The van der Waals surface area contributed by atoms with Crippen LogP contribution in [0.15, 0.2) is 18.2 Å². The summed E-state index contributed by atoms with van der Waals surface area (Å²) in [7, 11) is 0. The number of hydrogen-bond acceptors (Lipinski definition) is 5. The second-order valence-corrected chi connectivity index (χ2v) is 7.27. The summed E-state index contributed by atoms with van der Waals surface area (Å²) in [4.78, 5) is 36.8. The Morgan fingerprint density at radius 2 is 1.96 bits per heavy atom. The fourth-order valence-electron chi connectivity index (χ4n) is 4.13. The number of carbonyl (C=O) groups is 3. The van der Waals surface area contributed by atoms with Gasteiger partial charge < -0.3 is 15.2 Å². The molecule has 0 saturated carbocycles. The monoisotopic (exact) mass is 396 g/mol. The average Bonchev–Trinajstić information content (AvgIpc) is 2.95. The largest absolute Gasteiger partial charge is 0.481 e. The Bertz CT molecular complexity index is 938. The standard InChI is InChI=1S/C18H15F3N2O5/c1-16-6-11(24)17(2,28-16)12(13(16)15(26)27)14(25)23-9-4-3-8(7-22)10(5-9)18(19,20)21/h3-5,12-13H,6H2,1-2H3,(H,23,25)(H,26,27). The van der Waals surface area contributed by atoms with Crippen molar-refractivity contribution in [2.24, 2.45) is 11.8 Å². The van der Waals surface area contributed by atoms with Gasteiger partial charge in [-0.05, 0) is 32.0 Å². The van der Waals surface area contributed by atoms with Crippen molar-refractivity contribution in [1.82, 2.24) is 0 Å². The molecule has 1 aromatic carbocycles. The van der Waals surface area contributed by atoms with Gasteiger partial charge in [-0.25, -0.2) is 0 Å². The quantitative estimate of drug-likeness (QED) is 0.810. The molecule has 2 N–H and O–H groups in total. The molecule has 0 radical (unpaired) electrons. The van der Waals surface area contributed by atoms with Crippen LogP contribution in [0, 0.1) is 23.2 Å². The molecule has 4 unspecified atom stereocenters. The van der Waals surface area contributed by atoms with Crippen LogP contribution in [0.25, 0.3) is 0 Å². The molecule has 0 aliphatic carbocycles. The number of fused-ring (bicyclic) bond motifs is 2. The van der Waals surface area contributed by atoms with Crippen molar-refractivity contribution in [1.29, 1.82) is 5.26 Å². The molecular weight excluding hydrogens is 381 g/mol. The molecule has 2 aliphatic rings. The highest BCUT2D eigenvalue weighted by Crippen LogP contribution is 2.56. The summed E-state index contributed by atoms with van der Waals surface area (Å²) in [5, 5.41) is 20.6. The van der Waals surface area contributed by atoms with Crippen LogP contribution in [-0.4, -0.2) is 34.0 Å². The third kappa shape index (κ3) is 2.82. The molecule has 2 bridgehead atoms. The predicted octanol–water partition coefficient (Wildman–Crippen LogP) is 2.35. The second-order valence-electron chi connectivity index (χ2n) is 7.27. The maximum atomic E-state index is 13.1. The molecule has 0 aromatic heterocycles. The first-order valence-corrected chi connectivity index (χ1v) is 8.22. The topological polar surface area (TPSA) is 116 Å². The van der Waals surface area contributed by atoms with Crippen molar-refractivity contribution in [3.05, 3.63) is 29.3 Å². The zero-order chi connectivity index (χ0) is 21.1. The summed E-state index contributed by atoms with van der Waals surface area (Å²) < 4.78 is 44.9. The third-order valence-electron chi connectivity index (χ3n) is 5.36. The Balaban J connectivity index is 1.96. The van der Waals surface area contributed by atoms with E-state index in [1.807, 2.05) is 0 Å². The van der Waals surface area contributed by atoms with Gasteiger partial charge in [0.05, 0.1) is 28.7 Å². The predicted molar refractivity (Wildman–Crippen MR) is 86.9 cm³/mol. The molecule has 2 saturated heterocycles. The number of anilines is 1. The minimum atomic E-state index is -4.82. The van der Waals surface area contributed by atoms with Gasteiger partial charge in [0.1, 0.15) is 11.5 Å². The van der Waals surface area contributed by atoms with Crippen LogP contribution in [0.1, 0.15) is 31.4 Å². The smallest absolute Gasteiger partial charge is 0.417 e. The van der Waals surface area contributed by atoms with Crippen molar-refractivity contribution >= 4 is 23.3 Å². The van der Waals surface area contributed by atoms with Gasteiger partial charge in [0.25, 0.3) is 0 Å². The van der Waals surface area contributed by atoms with Gasteiger partial charge in [-0.1, -0.05) is 0 Å². The minimum absolute atomic E-state index is 0.167. The molecule has 2 heterocycles. The molecule has 10 heteroatoms. The molecule has 0 spiro atoms. The Kier molecular flexibility index (Phi) is 4.27. The molecule has 148 valence electrons. The number of ether oxygens (including phenoxy) is 1. The van der Waals surface area contributed by atoms with E-state index in [1.54, 1.807) is 0 Å². The minimum Gasteiger partial charge on any atom is -0.481 e. The van der Waals surface area contributed by atoms with Crippen LogP contribution in [0.5, 0.6) is 0 Å². The molecule has 7 nitrogen and oxygen atoms in total. The number of nitrogens with zero attached hydrogens (tertiary/aromatic N) is 1. The van der Waals surface area contributed by atoms with Crippen molar-refractivity contribution in [2.75, 3.05) is 5.32 Å². The Hall–Kier alpha value is -2.93. The maximum absolute atomic E-state index is 13.1. The van der Waals surface area contributed by atoms with E-state index in [-0.39, 0.29) is 12.1 Å². The number of nitrogens with one attached hydrogen (secondary N) is 1. The molecule has 28 heavy (non-hydrogen) atoms. The van der Waals surface area contributed by atoms with Gasteiger partial charge in [0.15, 0.2) is 5.78 Å². The van der Waals surface area contributed by atoms with Crippen molar-refractivity contribution in [3.8, 4) is 6.07 Å². The van der Waals surface area contributed by atoms with E-state index in [4.69, 9.17) is 10.00 Å². The van der Waals surface area contributed by atoms with Gasteiger partial charge in [-0.15, -0.1) is 0 Å². The van der Waals surface area contributed by atoms with Crippen LogP contribution in [0.2, 0.25) is 0 Å². The lowest BCUT2D eigenvalue weighted by atomic mass is 9.66. The molecule has 4 atom stereocenters. The normalized spacial score (nSPS) is 31.5. The van der Waals surface area contributed by atoms with Crippen LogP contribution < -0.4 is 5.32 Å². The summed E-state index contributed by atoms with van der Waals surface area (Å²) in [6, 6.07) is 4.01. The number of ketones is 1. The second kappa shape index (κ2) is 6.04. The number of aliphatic carboxylic acids is 1. The van der Waals surface area contributed by atoms with E-state index < -0.39 is 58.0 Å². The Labute approximate surface area is 157 Å². The average molecular weight is 396 g/mol. The van der Waals surface area contributed by atoms with Crippen LogP contribution in [-0.2, 0) is 25.3 Å². The fraction of sp³-hybridized carbons (Fsp3) is 0.444. The number of alkyl halides is 3. The first kappa shape index (κ1) is 19.8. The van der Waals surface area contributed by atoms with Gasteiger partial charge >= 0.3 is 12.1 Å². The van der Waals surface area contributed by atoms with Crippen molar-refractivity contribution < 1.29 is 37.4 Å². The fourth-order valence-corrected chi connectivity index (χ4v) is 4.13. The number of amides is 1. The number of nitriles is 1. The Morgan fingerprint density at radius 1 is 1.32 bits per heavy atom. The number of carbonyl (C=O) groups excluding carboxylic acids is 2. The van der Waals surface area contributed by atoms with E-state index in [0.717, 1.165) is 12.1 Å². The van der Waals surface area contributed by atoms with Gasteiger partial charge in [-0.2, -0.15) is 18.4 Å². The van der Waals surface area contributed by atoms with E-state index in [1.165, 1.54) is 19.9 Å².